The van der Waals surface area contributed by atoms with Crippen molar-refractivity contribution in [3.8, 4) is 6.07 Å². The highest BCUT2D eigenvalue weighted by Gasteiger charge is 2.12. The van der Waals surface area contributed by atoms with Crippen LogP contribution in [0.1, 0.15) is 31.7 Å². The summed E-state index contributed by atoms with van der Waals surface area (Å²) in [5.41, 5.74) is 0.682. The second-order valence-corrected chi connectivity index (χ2v) is 3.75. The van der Waals surface area contributed by atoms with Gasteiger partial charge in [-0.2, -0.15) is 5.26 Å². The number of halogens is 1. The largest absolute Gasteiger partial charge is 0.323 e. The van der Waals surface area contributed by atoms with Crippen LogP contribution in [0.25, 0.3) is 0 Å². The van der Waals surface area contributed by atoms with Gasteiger partial charge in [-0.15, -0.1) is 0 Å². The van der Waals surface area contributed by atoms with Crippen LogP contribution in [-0.2, 0) is 4.79 Å². The Kier molecular flexibility index (Phi) is 4.01. The van der Waals surface area contributed by atoms with Crippen LogP contribution in [0.15, 0.2) is 18.2 Å². The molecular weight excluding hydrogens is 207 g/mol. The van der Waals surface area contributed by atoms with E-state index >= 15 is 0 Å². The maximum absolute atomic E-state index is 13.8. The summed E-state index contributed by atoms with van der Waals surface area (Å²) in [6.45, 7) is 3.75. The molecule has 0 aliphatic heterocycles. The number of carbonyl (C=O) groups is 1. The highest BCUT2D eigenvalue weighted by molar-refractivity contribution is 5.92. The van der Waals surface area contributed by atoms with Crippen molar-refractivity contribution in [2.24, 2.45) is 0 Å². The lowest BCUT2D eigenvalue weighted by molar-refractivity contribution is -0.115. The van der Waals surface area contributed by atoms with Gasteiger partial charge >= 0.3 is 0 Å². The van der Waals surface area contributed by atoms with Crippen LogP contribution < -0.4 is 5.32 Å². The van der Waals surface area contributed by atoms with Gasteiger partial charge < -0.3 is 5.32 Å². The average Bonchev–Trinajstić information content (AvgIpc) is 2.21. The molecule has 0 spiro atoms. The fourth-order valence-electron chi connectivity index (χ4n) is 1.36. The van der Waals surface area contributed by atoms with Crippen LogP contribution in [-0.4, -0.2) is 5.91 Å². The van der Waals surface area contributed by atoms with Crippen LogP contribution in [0.2, 0.25) is 0 Å². The number of anilines is 1. The molecule has 0 saturated carbocycles. The lowest BCUT2D eigenvalue weighted by atomic mass is 10.0. The lowest BCUT2D eigenvalue weighted by Gasteiger charge is -2.11. The van der Waals surface area contributed by atoms with Crippen molar-refractivity contribution >= 4 is 11.6 Å². The van der Waals surface area contributed by atoms with Crippen molar-refractivity contribution in [2.75, 3.05) is 5.32 Å². The molecule has 0 aliphatic carbocycles. The number of hydrogen-bond donors (Lipinski definition) is 1. The standard InChI is InChI=1S/C12H13FN2O/c1-8(2)9-4-3-5-10(12(9)13)15-11(16)6-7-14/h3-5,8H,6H2,1-2H3,(H,15,16). The third-order valence-corrected chi connectivity index (χ3v) is 2.16. The van der Waals surface area contributed by atoms with E-state index in [9.17, 15) is 9.18 Å². The van der Waals surface area contributed by atoms with E-state index < -0.39 is 11.7 Å². The minimum Gasteiger partial charge on any atom is -0.323 e. The highest BCUT2D eigenvalue weighted by atomic mass is 19.1. The highest BCUT2D eigenvalue weighted by Crippen LogP contribution is 2.24. The normalized spacial score (nSPS) is 9.94. The van der Waals surface area contributed by atoms with E-state index in [0.29, 0.717) is 5.56 Å². The summed E-state index contributed by atoms with van der Waals surface area (Å²) < 4.78 is 13.8. The fraction of sp³-hybridized carbons (Fsp3) is 0.333. The topological polar surface area (TPSA) is 52.9 Å². The van der Waals surface area contributed by atoms with Crippen molar-refractivity contribution in [3.63, 3.8) is 0 Å². The van der Waals surface area contributed by atoms with Gasteiger partial charge in [-0.05, 0) is 17.5 Å². The first-order valence-corrected chi connectivity index (χ1v) is 5.01. The Hall–Kier alpha value is -1.89. The van der Waals surface area contributed by atoms with Gasteiger partial charge in [0.25, 0.3) is 0 Å². The predicted octanol–water partition coefficient (Wildman–Crippen LogP) is 2.80. The molecule has 0 fully saturated rings. The van der Waals surface area contributed by atoms with E-state index in [0.717, 1.165) is 0 Å². The summed E-state index contributed by atoms with van der Waals surface area (Å²) in [6, 6.07) is 6.55. The summed E-state index contributed by atoms with van der Waals surface area (Å²) in [6.07, 6.45) is -0.272. The van der Waals surface area contributed by atoms with Crippen LogP contribution in [0.5, 0.6) is 0 Å². The number of carbonyl (C=O) groups excluding carboxylic acids is 1. The number of benzene rings is 1. The Balaban J connectivity index is 2.94. The van der Waals surface area contributed by atoms with E-state index in [1.807, 2.05) is 13.8 Å². The van der Waals surface area contributed by atoms with Gasteiger partial charge in [0.15, 0.2) is 0 Å². The molecule has 3 nitrogen and oxygen atoms in total. The Bertz CT molecular complexity index is 435. The smallest absolute Gasteiger partial charge is 0.238 e. The molecule has 1 rings (SSSR count). The molecule has 0 bridgehead atoms. The molecule has 1 N–H and O–H groups in total. The molecular formula is C12H13FN2O. The molecule has 1 aromatic carbocycles. The van der Waals surface area contributed by atoms with Crippen molar-refractivity contribution in [2.45, 2.75) is 26.2 Å². The molecule has 84 valence electrons. The maximum atomic E-state index is 13.8. The molecule has 0 saturated heterocycles. The summed E-state index contributed by atoms with van der Waals surface area (Å²) in [5, 5.41) is 10.7. The van der Waals surface area contributed by atoms with Gasteiger partial charge in [-0.3, -0.25) is 4.79 Å². The molecule has 0 atom stereocenters. The van der Waals surface area contributed by atoms with E-state index in [1.54, 1.807) is 18.2 Å². The maximum Gasteiger partial charge on any atom is 0.238 e. The first-order chi connectivity index (χ1) is 7.56. The number of nitrogens with one attached hydrogen (secondary N) is 1. The zero-order valence-electron chi connectivity index (χ0n) is 9.25. The third-order valence-electron chi connectivity index (χ3n) is 2.16. The monoisotopic (exact) mass is 220 g/mol. The van der Waals surface area contributed by atoms with Crippen molar-refractivity contribution in [1.82, 2.24) is 0 Å². The molecule has 16 heavy (non-hydrogen) atoms. The van der Waals surface area contributed by atoms with Crippen molar-refractivity contribution in [3.05, 3.63) is 29.6 Å². The molecule has 1 aromatic rings. The molecule has 0 aromatic heterocycles. The number of nitriles is 1. The molecule has 0 aliphatic rings. The number of hydrogen-bond acceptors (Lipinski definition) is 2. The minimum atomic E-state index is -0.498. The van der Waals surface area contributed by atoms with Crippen molar-refractivity contribution < 1.29 is 9.18 Å². The van der Waals surface area contributed by atoms with Crippen LogP contribution in [0, 0.1) is 17.1 Å². The molecule has 0 heterocycles. The van der Waals surface area contributed by atoms with E-state index in [-0.39, 0.29) is 18.0 Å². The van der Waals surface area contributed by atoms with Gasteiger partial charge in [-0.1, -0.05) is 26.0 Å². The third kappa shape index (κ3) is 2.80. The van der Waals surface area contributed by atoms with Crippen LogP contribution in [0.3, 0.4) is 0 Å². The van der Waals surface area contributed by atoms with Gasteiger partial charge in [0.05, 0.1) is 11.8 Å². The van der Waals surface area contributed by atoms with Gasteiger partial charge in [0.1, 0.15) is 12.2 Å². The average molecular weight is 220 g/mol. The number of nitrogens with zero attached hydrogens (tertiary/aromatic N) is 1. The van der Waals surface area contributed by atoms with Crippen LogP contribution in [0.4, 0.5) is 10.1 Å². The molecule has 0 radical (unpaired) electrons. The first-order valence-electron chi connectivity index (χ1n) is 5.01. The molecule has 0 unspecified atom stereocenters. The summed E-state index contributed by atoms with van der Waals surface area (Å²) in [4.78, 5) is 11.1. The quantitative estimate of drug-likeness (QED) is 0.851. The Morgan fingerprint density at radius 2 is 2.25 bits per heavy atom. The zero-order chi connectivity index (χ0) is 12.1. The van der Waals surface area contributed by atoms with Crippen molar-refractivity contribution in [1.29, 1.82) is 5.26 Å². The number of amides is 1. The van der Waals surface area contributed by atoms with Gasteiger partial charge in [0, 0.05) is 0 Å². The second-order valence-electron chi connectivity index (χ2n) is 3.75. The number of rotatable bonds is 3. The van der Waals surface area contributed by atoms with Gasteiger partial charge in [0.2, 0.25) is 5.91 Å². The Morgan fingerprint density at radius 3 is 2.81 bits per heavy atom. The predicted molar refractivity (Wildman–Crippen MR) is 59.3 cm³/mol. The second kappa shape index (κ2) is 5.26. The summed E-state index contributed by atoms with van der Waals surface area (Å²) in [7, 11) is 0. The first kappa shape index (κ1) is 12.2. The fourth-order valence-corrected chi connectivity index (χ4v) is 1.36. The zero-order valence-corrected chi connectivity index (χ0v) is 9.25. The minimum absolute atomic E-state index is 0.0489. The Morgan fingerprint density at radius 1 is 1.56 bits per heavy atom. The lowest BCUT2D eigenvalue weighted by Crippen LogP contribution is -2.12. The molecule has 1 amide bonds. The summed E-state index contributed by atoms with van der Waals surface area (Å²) >= 11 is 0. The van der Waals surface area contributed by atoms with E-state index in [2.05, 4.69) is 5.32 Å². The Labute approximate surface area is 93.9 Å². The van der Waals surface area contributed by atoms with Crippen LogP contribution >= 0.6 is 0 Å². The molecule has 4 heteroatoms. The van der Waals surface area contributed by atoms with E-state index in [4.69, 9.17) is 5.26 Å². The van der Waals surface area contributed by atoms with E-state index in [1.165, 1.54) is 6.07 Å². The van der Waals surface area contributed by atoms with Gasteiger partial charge in [-0.25, -0.2) is 4.39 Å². The summed E-state index contributed by atoms with van der Waals surface area (Å²) in [5.74, 6) is -0.876. The SMILES string of the molecule is CC(C)c1cccc(NC(=O)CC#N)c1F.